The van der Waals surface area contributed by atoms with Crippen molar-refractivity contribution in [2.75, 3.05) is 58.2 Å². The van der Waals surface area contributed by atoms with Gasteiger partial charge in [0.05, 0.1) is 44.2 Å². The molecule has 0 aliphatic carbocycles. The molecule has 5 aromatic rings. The SMILES string of the molecule is CC(=O)c1ccc(N2CCN(c3cc4c(=O)n(NS(C)(=O)=O)c(=O)[nH]c4cc3[N+](=O)[O-])CC2)cc1.CS(=O)(=O)Nn1c(=O)[nH]c2cc([N+](=O)[O-])c(F)cc2c1=O. The van der Waals surface area contributed by atoms with Gasteiger partial charge in [-0.3, -0.25) is 34.6 Å². The number of ketones is 1. The zero-order valence-corrected chi connectivity index (χ0v) is 30.8. The minimum atomic E-state index is -3.93. The quantitative estimate of drug-likeness (QED) is 0.0855. The van der Waals surface area contributed by atoms with Crippen LogP contribution >= 0.6 is 0 Å². The Morgan fingerprint density at radius 2 is 1.14 bits per heavy atom. The smallest absolute Gasteiger partial charge is 0.348 e. The highest BCUT2D eigenvalue weighted by Crippen LogP contribution is 2.32. The number of aromatic amines is 2. The number of sulfonamides is 2. The van der Waals surface area contributed by atoms with Crippen LogP contribution in [0.15, 0.2) is 67.7 Å². The molecular weight excluding hydrogens is 792 g/mol. The van der Waals surface area contributed by atoms with Gasteiger partial charge in [-0.05, 0) is 43.3 Å². The van der Waals surface area contributed by atoms with Crippen LogP contribution in [0.25, 0.3) is 21.8 Å². The lowest BCUT2D eigenvalue weighted by atomic mass is 10.1. The average molecular weight is 821 g/mol. The van der Waals surface area contributed by atoms with E-state index in [0.717, 1.165) is 18.0 Å². The largest absolute Gasteiger partial charge is 0.368 e. The molecule has 6 rings (SSSR count). The van der Waals surface area contributed by atoms with Crippen LogP contribution in [0.1, 0.15) is 17.3 Å². The molecule has 3 heterocycles. The highest BCUT2D eigenvalue weighted by molar-refractivity contribution is 7.91. The van der Waals surface area contributed by atoms with Crippen LogP contribution in [0, 0.1) is 26.0 Å². The summed E-state index contributed by atoms with van der Waals surface area (Å²) < 4.78 is 59.2. The van der Waals surface area contributed by atoms with Crippen molar-refractivity contribution in [3.05, 3.63) is 122 Å². The number of anilines is 2. The summed E-state index contributed by atoms with van der Waals surface area (Å²) in [6.45, 7) is 3.35. The van der Waals surface area contributed by atoms with Gasteiger partial charge in [0.2, 0.25) is 25.9 Å². The van der Waals surface area contributed by atoms with Crippen molar-refractivity contribution in [1.82, 2.24) is 19.3 Å². The number of nitro benzene ring substituents is 2. The molecule has 1 aliphatic rings. The lowest BCUT2D eigenvalue weighted by molar-refractivity contribution is -0.387. The van der Waals surface area contributed by atoms with Gasteiger partial charge < -0.3 is 19.8 Å². The number of nitro groups is 2. The fraction of sp³-hybridized carbons (Fsp3) is 0.233. The topological polar surface area (TPSA) is 312 Å². The summed E-state index contributed by atoms with van der Waals surface area (Å²) in [5.41, 5.74) is -4.23. The average Bonchev–Trinajstić information content (AvgIpc) is 3.11. The number of H-pyrrole nitrogens is 2. The van der Waals surface area contributed by atoms with Crippen LogP contribution < -0.4 is 42.0 Å². The number of hydrogen-bond acceptors (Lipinski definition) is 15. The molecule has 4 N–H and O–H groups in total. The van der Waals surface area contributed by atoms with E-state index in [1.165, 1.54) is 13.0 Å². The van der Waals surface area contributed by atoms with E-state index in [1.54, 1.807) is 21.9 Å². The fourth-order valence-corrected chi connectivity index (χ4v) is 6.61. The Labute approximate surface area is 311 Å². The summed E-state index contributed by atoms with van der Waals surface area (Å²) >= 11 is 0. The molecule has 1 saturated heterocycles. The Bertz CT molecular complexity index is 2920. The van der Waals surface area contributed by atoms with Gasteiger partial charge in [0, 0.05) is 49.6 Å². The Kier molecular flexibility index (Phi) is 10.8. The first-order valence-corrected chi connectivity index (χ1v) is 19.5. The molecule has 2 aromatic heterocycles. The van der Waals surface area contributed by atoms with Crippen molar-refractivity contribution in [3.63, 3.8) is 0 Å². The first-order chi connectivity index (χ1) is 26.0. The molecule has 0 unspecified atom stereocenters. The van der Waals surface area contributed by atoms with Crippen LogP contribution in [0.5, 0.6) is 0 Å². The number of fused-ring (bicyclic) bond motifs is 2. The van der Waals surface area contributed by atoms with Crippen molar-refractivity contribution in [3.8, 4) is 0 Å². The maximum Gasteiger partial charge on any atom is 0.348 e. The molecule has 3 aromatic carbocycles. The number of nitrogens with one attached hydrogen (secondary N) is 4. The Balaban J connectivity index is 0.000000244. The molecule has 296 valence electrons. The number of hydrogen-bond donors (Lipinski definition) is 4. The van der Waals surface area contributed by atoms with E-state index < -0.39 is 69.3 Å². The zero-order chi connectivity index (χ0) is 41.4. The Hall–Kier alpha value is -6.96. The minimum Gasteiger partial charge on any atom is -0.368 e. The molecule has 0 bridgehead atoms. The van der Waals surface area contributed by atoms with Crippen molar-refractivity contribution in [1.29, 1.82) is 0 Å². The molecule has 0 saturated carbocycles. The van der Waals surface area contributed by atoms with Gasteiger partial charge in [-0.1, -0.05) is 0 Å². The van der Waals surface area contributed by atoms with E-state index in [1.807, 2.05) is 17.0 Å². The van der Waals surface area contributed by atoms with Crippen molar-refractivity contribution in [2.24, 2.45) is 0 Å². The molecule has 23 nitrogen and oxygen atoms in total. The van der Waals surface area contributed by atoms with Gasteiger partial charge in [-0.25, -0.2) is 36.1 Å². The van der Waals surface area contributed by atoms with Gasteiger partial charge in [0.1, 0.15) is 5.69 Å². The number of halogens is 1. The molecule has 0 atom stereocenters. The number of carbonyl (C=O) groups is 1. The van der Waals surface area contributed by atoms with Crippen LogP contribution in [0.4, 0.5) is 27.1 Å². The second-order valence-electron chi connectivity index (χ2n) is 12.2. The Morgan fingerprint density at radius 3 is 1.57 bits per heavy atom. The third-order valence-corrected chi connectivity index (χ3v) is 9.15. The molecule has 0 spiro atoms. The summed E-state index contributed by atoms with van der Waals surface area (Å²) in [6, 6.07) is 10.8. The van der Waals surface area contributed by atoms with Crippen molar-refractivity contribution < 1.29 is 35.9 Å². The fourth-order valence-electron chi connectivity index (χ4n) is 5.62. The van der Waals surface area contributed by atoms with Crippen LogP contribution in [0.2, 0.25) is 0 Å². The van der Waals surface area contributed by atoms with E-state index in [0.29, 0.717) is 54.8 Å². The zero-order valence-electron chi connectivity index (χ0n) is 29.1. The molecule has 1 aliphatic heterocycles. The predicted molar refractivity (Wildman–Crippen MR) is 200 cm³/mol. The highest BCUT2D eigenvalue weighted by Gasteiger charge is 2.27. The van der Waals surface area contributed by atoms with Gasteiger partial charge in [0.15, 0.2) is 5.78 Å². The molecule has 0 amide bonds. The third kappa shape index (κ3) is 8.70. The highest BCUT2D eigenvalue weighted by atomic mass is 32.2. The van der Waals surface area contributed by atoms with Crippen LogP contribution in [0.3, 0.4) is 0 Å². The number of rotatable bonds is 9. The molecular formula is C30H29FN10O13S2. The monoisotopic (exact) mass is 820 g/mol. The van der Waals surface area contributed by atoms with Crippen molar-refractivity contribution in [2.45, 2.75) is 6.92 Å². The van der Waals surface area contributed by atoms with Crippen LogP contribution in [-0.4, -0.2) is 90.5 Å². The number of benzene rings is 3. The van der Waals surface area contributed by atoms with E-state index >= 15 is 0 Å². The third-order valence-electron chi connectivity index (χ3n) is 8.13. The molecule has 0 radical (unpaired) electrons. The van der Waals surface area contributed by atoms with Gasteiger partial charge in [-0.2, -0.15) is 13.7 Å². The first kappa shape index (κ1) is 40.2. The summed E-state index contributed by atoms with van der Waals surface area (Å²) in [6.07, 6.45) is 1.50. The number of Topliss-reactive ketones (excluding diaryl/α,β-unsaturated/α-hetero) is 1. The van der Waals surface area contributed by atoms with Gasteiger partial charge in [0.25, 0.3) is 16.8 Å². The lowest BCUT2D eigenvalue weighted by Gasteiger charge is -2.37. The number of nitrogens with zero attached hydrogens (tertiary/aromatic N) is 6. The van der Waals surface area contributed by atoms with E-state index in [2.05, 4.69) is 14.9 Å². The van der Waals surface area contributed by atoms with E-state index in [9.17, 15) is 65.4 Å². The summed E-state index contributed by atoms with van der Waals surface area (Å²) in [7, 11) is -7.86. The number of carbonyl (C=O) groups excluding carboxylic acids is 1. The van der Waals surface area contributed by atoms with Crippen molar-refractivity contribution >= 4 is 70.4 Å². The predicted octanol–water partition coefficient (Wildman–Crippen LogP) is -0.129. The van der Waals surface area contributed by atoms with Gasteiger partial charge in [-0.15, -0.1) is 0 Å². The standard InChI is InChI=1S/C21H22N6O7S.C9H7FN4O6S/c1-13(28)14-3-5-15(6-4-14)24-7-9-25(10-8-24)18-11-16-17(12-19(18)27(31)32)22-21(30)26(20(16)29)23-35(2,33)34;1-21(19,20)12-13-8(15)4-2-5(10)7(14(17)18)3-6(4)11-9(13)16/h3-6,11-12,23H,7-10H2,1-2H3,(H,22,30);2-3,12H,1H3,(H,11,16). The molecule has 1 fully saturated rings. The molecule has 26 heteroatoms. The second kappa shape index (κ2) is 15.1. The summed E-state index contributed by atoms with van der Waals surface area (Å²) in [5, 5.41) is 21.9. The molecule has 56 heavy (non-hydrogen) atoms. The second-order valence-corrected chi connectivity index (χ2v) is 15.6. The number of aromatic nitrogens is 4. The lowest BCUT2D eigenvalue weighted by Crippen LogP contribution is -2.47. The van der Waals surface area contributed by atoms with E-state index in [-0.39, 0.29) is 38.3 Å². The minimum absolute atomic E-state index is 0.0304. The maximum absolute atomic E-state index is 13.5. The van der Waals surface area contributed by atoms with Crippen LogP contribution in [-0.2, 0) is 20.0 Å². The normalized spacial score (nSPS) is 13.2. The number of piperazine rings is 1. The summed E-state index contributed by atoms with van der Waals surface area (Å²) in [5.74, 6) is -1.32. The van der Waals surface area contributed by atoms with Gasteiger partial charge >= 0.3 is 17.1 Å². The van der Waals surface area contributed by atoms with E-state index in [4.69, 9.17) is 0 Å². The summed E-state index contributed by atoms with van der Waals surface area (Å²) in [4.78, 5) is 92.5. The Morgan fingerprint density at radius 1 is 0.714 bits per heavy atom. The maximum atomic E-state index is 13.5. The first-order valence-electron chi connectivity index (χ1n) is 15.7.